The van der Waals surface area contributed by atoms with Gasteiger partial charge in [0.25, 0.3) is 0 Å². The van der Waals surface area contributed by atoms with Gasteiger partial charge in [-0.2, -0.15) is 20.5 Å². The summed E-state index contributed by atoms with van der Waals surface area (Å²) in [5.41, 5.74) is 5.49. The highest BCUT2D eigenvalue weighted by atomic mass is 35.5. The Morgan fingerprint density at radius 3 is 2.85 bits per heavy atom. The summed E-state index contributed by atoms with van der Waals surface area (Å²) in [6, 6.07) is 6.44. The minimum Gasteiger partial charge on any atom is -0.489 e. The van der Waals surface area contributed by atoms with E-state index in [4.69, 9.17) is 31.8 Å². The third-order valence-corrected chi connectivity index (χ3v) is 11.4. The average molecular weight is 666 g/mol. The number of hydrogen-bond donors (Lipinski definition) is 1. The van der Waals surface area contributed by atoms with Crippen LogP contribution in [0, 0.1) is 40.2 Å². The Balaban J connectivity index is 1.35. The number of thiophene rings is 1. The lowest BCUT2D eigenvalue weighted by Gasteiger charge is -2.38. The lowest BCUT2D eigenvalue weighted by Crippen LogP contribution is -2.48. The Labute approximate surface area is 270 Å². The third-order valence-electron chi connectivity index (χ3n) is 9.99. The summed E-state index contributed by atoms with van der Waals surface area (Å²) in [5.74, 6) is -1.36. The van der Waals surface area contributed by atoms with E-state index in [-0.39, 0.29) is 78.6 Å². The van der Waals surface area contributed by atoms with Crippen LogP contribution in [0.5, 0.6) is 11.8 Å². The molecule has 236 valence electrons. The van der Waals surface area contributed by atoms with Gasteiger partial charge in [-0.05, 0) is 43.9 Å². The number of aromatic nitrogens is 2. The van der Waals surface area contributed by atoms with Gasteiger partial charge in [0, 0.05) is 30.5 Å². The van der Waals surface area contributed by atoms with E-state index >= 15 is 4.39 Å². The molecule has 2 N–H and O–H groups in total. The van der Waals surface area contributed by atoms with Crippen LogP contribution >= 0.6 is 22.9 Å². The normalized spacial score (nSPS) is 25.5. The molecule has 8 rings (SSSR count). The average Bonchev–Trinajstić information content (AvgIpc) is 3.65. The van der Waals surface area contributed by atoms with Crippen molar-refractivity contribution in [2.24, 2.45) is 5.92 Å². The highest BCUT2D eigenvalue weighted by molar-refractivity contribution is 7.23. The number of alkyl halides is 1. The van der Waals surface area contributed by atoms with E-state index in [0.717, 1.165) is 30.7 Å². The maximum absolute atomic E-state index is 17.1. The Morgan fingerprint density at radius 2 is 2.04 bits per heavy atom. The van der Waals surface area contributed by atoms with Gasteiger partial charge in [0.15, 0.2) is 11.6 Å². The first-order valence-corrected chi connectivity index (χ1v) is 16.4. The molecule has 0 spiro atoms. The number of rotatable bonds is 4. The van der Waals surface area contributed by atoms with E-state index in [9.17, 15) is 19.3 Å². The molecule has 0 aliphatic carbocycles. The van der Waals surface area contributed by atoms with Crippen LogP contribution in [0.15, 0.2) is 12.1 Å². The molecule has 4 aromatic rings. The molecule has 3 unspecified atom stereocenters. The van der Waals surface area contributed by atoms with Crippen LogP contribution in [0.3, 0.4) is 0 Å². The van der Waals surface area contributed by atoms with Crippen molar-refractivity contribution in [1.82, 2.24) is 14.9 Å². The molecule has 4 aliphatic heterocycles. The number of piperidine rings is 1. The maximum atomic E-state index is 17.1. The highest BCUT2D eigenvalue weighted by Crippen LogP contribution is 2.52. The standard InChI is InChI=1S/C32H27ClF3N7O2S/c33-24-22(17-4-5-19(35)28-21(17)18(11-38)29(39)46-28)25(36)26-23-27(24)44-13-20-15(10-37)3-1-8-43(20)30(23)41-31(40-26)45-14-32-6-2-7-42(32)12-16(34)9-32/h4-5,15-16,20H,1-3,6-9,12-14,39H2/t15?,16-,20?,32?/m1/s1. The summed E-state index contributed by atoms with van der Waals surface area (Å²) in [6.45, 7) is 1.87. The molecule has 4 atom stereocenters. The Morgan fingerprint density at radius 1 is 1.20 bits per heavy atom. The smallest absolute Gasteiger partial charge is 0.319 e. The number of nitriles is 2. The molecule has 2 aromatic heterocycles. The lowest BCUT2D eigenvalue weighted by molar-refractivity contribution is 0.107. The second kappa shape index (κ2) is 10.8. The van der Waals surface area contributed by atoms with E-state index in [1.807, 2.05) is 11.0 Å². The van der Waals surface area contributed by atoms with E-state index < -0.39 is 29.4 Å². The zero-order chi connectivity index (χ0) is 31.9. The van der Waals surface area contributed by atoms with Gasteiger partial charge in [-0.1, -0.05) is 17.7 Å². The summed E-state index contributed by atoms with van der Waals surface area (Å²) in [6.07, 6.45) is 2.44. The van der Waals surface area contributed by atoms with Crippen molar-refractivity contribution in [2.45, 2.75) is 49.9 Å². The monoisotopic (exact) mass is 665 g/mol. The van der Waals surface area contributed by atoms with Crippen LogP contribution in [-0.2, 0) is 0 Å². The number of anilines is 2. The van der Waals surface area contributed by atoms with Crippen LogP contribution in [0.1, 0.15) is 37.7 Å². The van der Waals surface area contributed by atoms with Gasteiger partial charge in [-0.3, -0.25) is 4.90 Å². The number of nitrogens with zero attached hydrogens (tertiary/aromatic N) is 6. The van der Waals surface area contributed by atoms with E-state index in [0.29, 0.717) is 38.2 Å². The van der Waals surface area contributed by atoms with E-state index in [1.165, 1.54) is 12.1 Å². The number of hydrogen-bond acceptors (Lipinski definition) is 10. The molecular weight excluding hydrogens is 639 g/mol. The predicted molar refractivity (Wildman–Crippen MR) is 168 cm³/mol. The first kappa shape index (κ1) is 29.4. The first-order chi connectivity index (χ1) is 22.2. The summed E-state index contributed by atoms with van der Waals surface area (Å²) in [7, 11) is 0. The van der Waals surface area contributed by atoms with Crippen LogP contribution in [0.2, 0.25) is 5.02 Å². The minimum absolute atomic E-state index is 0.0151. The molecule has 0 bridgehead atoms. The second-order valence-corrected chi connectivity index (χ2v) is 13.9. The van der Waals surface area contributed by atoms with Crippen molar-refractivity contribution in [3.8, 4) is 35.0 Å². The largest absolute Gasteiger partial charge is 0.489 e. The quantitative estimate of drug-likeness (QED) is 0.265. The molecule has 4 aliphatic rings. The predicted octanol–water partition coefficient (Wildman–Crippen LogP) is 6.35. The van der Waals surface area contributed by atoms with Gasteiger partial charge in [0.05, 0.1) is 44.2 Å². The van der Waals surface area contributed by atoms with Gasteiger partial charge in [-0.15, -0.1) is 11.3 Å². The van der Waals surface area contributed by atoms with Crippen molar-refractivity contribution >= 4 is 54.7 Å². The van der Waals surface area contributed by atoms with Crippen LogP contribution in [-0.4, -0.2) is 65.5 Å². The minimum atomic E-state index is -0.957. The van der Waals surface area contributed by atoms with Gasteiger partial charge in [-0.25, -0.2) is 13.2 Å². The number of nitrogen functional groups attached to an aromatic ring is 1. The number of fused-ring (bicyclic) bond motifs is 4. The maximum Gasteiger partial charge on any atom is 0.319 e. The molecule has 3 saturated heterocycles. The van der Waals surface area contributed by atoms with Crippen molar-refractivity contribution in [2.75, 3.05) is 43.5 Å². The molecular formula is C32H27ClF3N7O2S. The van der Waals surface area contributed by atoms with Crippen LogP contribution in [0.4, 0.5) is 24.0 Å². The lowest BCUT2D eigenvalue weighted by atomic mass is 9.90. The molecule has 0 saturated carbocycles. The van der Waals surface area contributed by atoms with Crippen molar-refractivity contribution in [3.05, 3.63) is 34.4 Å². The van der Waals surface area contributed by atoms with Crippen LogP contribution in [0.25, 0.3) is 32.1 Å². The molecule has 14 heteroatoms. The first-order valence-electron chi connectivity index (χ1n) is 15.2. The Hall–Kier alpha value is -4.04. The topological polar surface area (TPSA) is 124 Å². The van der Waals surface area contributed by atoms with Crippen LogP contribution < -0.4 is 20.1 Å². The molecule has 0 amide bonds. The summed E-state index contributed by atoms with van der Waals surface area (Å²) in [5, 5.41) is 20.3. The number of ether oxygens (including phenoxy) is 2. The van der Waals surface area contributed by atoms with E-state index in [2.05, 4.69) is 16.0 Å². The van der Waals surface area contributed by atoms with Gasteiger partial charge < -0.3 is 20.1 Å². The Bertz CT molecular complexity index is 2030. The molecule has 9 nitrogen and oxygen atoms in total. The molecule has 0 radical (unpaired) electrons. The number of halogens is 4. The Kier molecular flexibility index (Phi) is 6.87. The number of nitrogens with two attached hydrogens (primary N) is 1. The van der Waals surface area contributed by atoms with Crippen molar-refractivity contribution in [3.63, 3.8) is 0 Å². The zero-order valence-corrected chi connectivity index (χ0v) is 26.0. The fourth-order valence-corrected chi connectivity index (χ4v) is 9.16. The molecule has 6 heterocycles. The van der Waals surface area contributed by atoms with Gasteiger partial charge >= 0.3 is 6.01 Å². The fraction of sp³-hybridized carbons (Fsp3) is 0.438. The number of benzene rings is 2. The second-order valence-electron chi connectivity index (χ2n) is 12.5. The zero-order valence-electron chi connectivity index (χ0n) is 24.5. The van der Waals surface area contributed by atoms with Crippen molar-refractivity contribution < 1.29 is 22.6 Å². The van der Waals surface area contributed by atoms with Gasteiger partial charge in [0.2, 0.25) is 0 Å². The fourth-order valence-electron chi connectivity index (χ4n) is 7.88. The molecule has 46 heavy (non-hydrogen) atoms. The van der Waals surface area contributed by atoms with E-state index in [1.54, 1.807) is 0 Å². The van der Waals surface area contributed by atoms with Gasteiger partial charge in [0.1, 0.15) is 47.6 Å². The third kappa shape index (κ3) is 4.21. The highest BCUT2D eigenvalue weighted by Gasteiger charge is 2.49. The van der Waals surface area contributed by atoms with Crippen molar-refractivity contribution in [1.29, 1.82) is 10.5 Å². The molecule has 2 aromatic carbocycles. The molecule has 3 fully saturated rings. The summed E-state index contributed by atoms with van der Waals surface area (Å²) < 4.78 is 59.1. The summed E-state index contributed by atoms with van der Waals surface area (Å²) in [4.78, 5) is 13.4. The summed E-state index contributed by atoms with van der Waals surface area (Å²) >= 11 is 7.89. The SMILES string of the molecule is N#Cc1c(N)sc2c(F)ccc(-c3c(Cl)c4c5c(nc(OCC67CCCN6C[C@H](F)C7)nc5c3F)N3CCCC(C#N)C3CO4)c12.